The maximum atomic E-state index is 11.9. The van der Waals surface area contributed by atoms with Gasteiger partial charge < -0.3 is 21.1 Å². The van der Waals surface area contributed by atoms with Crippen molar-refractivity contribution < 1.29 is 19.1 Å². The Kier molecular flexibility index (Phi) is 11.9. The Morgan fingerprint density at radius 1 is 0.875 bits per heavy atom. The molecule has 0 aromatic heterocycles. The van der Waals surface area contributed by atoms with Gasteiger partial charge in [-0.2, -0.15) is 0 Å². The SMILES string of the molecule is CCCCCCCCOC(=O)C(C)NC(=O)C(C)NC(=O)C(C)N. The van der Waals surface area contributed by atoms with Crippen molar-refractivity contribution >= 4 is 17.8 Å². The van der Waals surface area contributed by atoms with E-state index in [1.807, 2.05) is 0 Å². The van der Waals surface area contributed by atoms with Crippen molar-refractivity contribution in [2.45, 2.75) is 84.3 Å². The molecule has 2 amide bonds. The molecule has 0 aromatic carbocycles. The average Bonchev–Trinajstić information content (AvgIpc) is 2.53. The maximum Gasteiger partial charge on any atom is 0.328 e. The van der Waals surface area contributed by atoms with Gasteiger partial charge >= 0.3 is 5.97 Å². The van der Waals surface area contributed by atoms with Crippen molar-refractivity contribution in [1.82, 2.24) is 10.6 Å². The third-order valence-corrected chi connectivity index (χ3v) is 3.62. The summed E-state index contributed by atoms with van der Waals surface area (Å²) in [7, 11) is 0. The number of amides is 2. The lowest BCUT2D eigenvalue weighted by Gasteiger charge is -2.18. The first-order valence-electron chi connectivity index (χ1n) is 8.82. The third kappa shape index (κ3) is 10.2. The minimum Gasteiger partial charge on any atom is -0.464 e. The van der Waals surface area contributed by atoms with Gasteiger partial charge in [0, 0.05) is 0 Å². The lowest BCUT2D eigenvalue weighted by atomic mass is 10.1. The van der Waals surface area contributed by atoms with Crippen LogP contribution in [0.5, 0.6) is 0 Å². The van der Waals surface area contributed by atoms with Crippen molar-refractivity contribution in [2.24, 2.45) is 5.73 Å². The smallest absolute Gasteiger partial charge is 0.328 e. The van der Waals surface area contributed by atoms with E-state index in [1.165, 1.54) is 33.1 Å². The zero-order chi connectivity index (χ0) is 18.5. The molecule has 3 atom stereocenters. The van der Waals surface area contributed by atoms with Gasteiger partial charge in [0.05, 0.1) is 12.6 Å². The summed E-state index contributed by atoms with van der Waals surface area (Å²) in [4.78, 5) is 35.2. The normalized spacial score (nSPS) is 14.4. The Balaban J connectivity index is 3.95. The first-order valence-corrected chi connectivity index (χ1v) is 8.82. The topological polar surface area (TPSA) is 111 Å². The molecule has 7 heteroatoms. The van der Waals surface area contributed by atoms with Crippen LogP contribution < -0.4 is 16.4 Å². The summed E-state index contributed by atoms with van der Waals surface area (Å²) < 4.78 is 5.15. The number of rotatable bonds is 12. The number of carbonyl (C=O) groups is 3. The van der Waals surface area contributed by atoms with Gasteiger partial charge in [0.2, 0.25) is 11.8 Å². The highest BCUT2D eigenvalue weighted by atomic mass is 16.5. The van der Waals surface area contributed by atoms with Gasteiger partial charge in [-0.25, -0.2) is 4.79 Å². The van der Waals surface area contributed by atoms with Crippen LogP contribution in [0.15, 0.2) is 0 Å². The van der Waals surface area contributed by atoms with Crippen molar-refractivity contribution in [3.05, 3.63) is 0 Å². The Morgan fingerprint density at radius 2 is 1.42 bits per heavy atom. The van der Waals surface area contributed by atoms with E-state index in [0.717, 1.165) is 19.3 Å². The van der Waals surface area contributed by atoms with Crippen LogP contribution in [0, 0.1) is 0 Å². The monoisotopic (exact) mass is 343 g/mol. The molecule has 7 nitrogen and oxygen atoms in total. The van der Waals surface area contributed by atoms with E-state index in [0.29, 0.717) is 6.61 Å². The second-order valence-electron chi connectivity index (χ2n) is 6.18. The summed E-state index contributed by atoms with van der Waals surface area (Å²) in [6.45, 7) is 7.15. The minimum absolute atomic E-state index is 0.363. The third-order valence-electron chi connectivity index (χ3n) is 3.62. The van der Waals surface area contributed by atoms with Gasteiger partial charge in [-0.3, -0.25) is 9.59 Å². The number of ether oxygens (including phenoxy) is 1. The Labute approximate surface area is 145 Å². The summed E-state index contributed by atoms with van der Waals surface area (Å²) in [5.41, 5.74) is 5.42. The van der Waals surface area contributed by atoms with Crippen LogP contribution in [-0.4, -0.2) is 42.5 Å². The molecule has 0 radical (unpaired) electrons. The zero-order valence-corrected chi connectivity index (χ0v) is 15.4. The highest BCUT2D eigenvalue weighted by molar-refractivity contribution is 5.91. The quantitative estimate of drug-likeness (QED) is 0.365. The molecule has 0 spiro atoms. The highest BCUT2D eigenvalue weighted by Gasteiger charge is 2.22. The number of nitrogens with two attached hydrogens (primary N) is 1. The second kappa shape index (κ2) is 12.8. The average molecular weight is 343 g/mol. The molecule has 0 fully saturated rings. The van der Waals surface area contributed by atoms with E-state index in [9.17, 15) is 14.4 Å². The molecule has 4 N–H and O–H groups in total. The number of hydrogen-bond acceptors (Lipinski definition) is 5. The minimum atomic E-state index is -0.766. The summed E-state index contributed by atoms with van der Waals surface area (Å²) >= 11 is 0. The van der Waals surface area contributed by atoms with E-state index >= 15 is 0 Å². The lowest BCUT2D eigenvalue weighted by molar-refractivity contribution is -0.147. The molecule has 0 aliphatic carbocycles. The van der Waals surface area contributed by atoms with E-state index in [2.05, 4.69) is 17.6 Å². The standard InChI is InChI=1S/C17H33N3O4/c1-5-6-7-8-9-10-11-24-17(23)14(4)20-16(22)13(3)19-15(21)12(2)18/h12-14H,5-11,18H2,1-4H3,(H,19,21)(H,20,22). The molecule has 0 heterocycles. The van der Waals surface area contributed by atoms with Crippen molar-refractivity contribution in [1.29, 1.82) is 0 Å². The predicted octanol–water partition coefficient (Wildman–Crippen LogP) is 1.25. The van der Waals surface area contributed by atoms with Crippen LogP contribution in [0.1, 0.15) is 66.2 Å². The van der Waals surface area contributed by atoms with E-state index in [4.69, 9.17) is 10.5 Å². The summed E-state index contributed by atoms with van der Waals surface area (Å²) in [6, 6.07) is -2.22. The van der Waals surface area contributed by atoms with E-state index < -0.39 is 35.9 Å². The summed E-state index contributed by atoms with van der Waals surface area (Å²) in [5, 5.41) is 5.00. The Hall–Kier alpha value is -1.63. The van der Waals surface area contributed by atoms with Crippen LogP contribution in [0.4, 0.5) is 0 Å². The largest absolute Gasteiger partial charge is 0.464 e. The molecule has 0 saturated heterocycles. The molecule has 140 valence electrons. The van der Waals surface area contributed by atoms with Crippen molar-refractivity contribution in [3.8, 4) is 0 Å². The molecule has 0 bridgehead atoms. The molecule has 0 aliphatic heterocycles. The van der Waals surface area contributed by atoms with Crippen LogP contribution >= 0.6 is 0 Å². The molecular formula is C17H33N3O4. The van der Waals surface area contributed by atoms with Crippen LogP contribution in [-0.2, 0) is 19.1 Å². The summed E-state index contributed by atoms with van der Waals surface area (Å²) in [6.07, 6.45) is 6.66. The van der Waals surface area contributed by atoms with Gasteiger partial charge in [0.1, 0.15) is 12.1 Å². The molecule has 0 saturated carbocycles. The molecule has 0 rings (SSSR count). The van der Waals surface area contributed by atoms with E-state index in [1.54, 1.807) is 6.92 Å². The molecule has 3 unspecified atom stereocenters. The molecule has 0 aromatic rings. The van der Waals surface area contributed by atoms with Crippen LogP contribution in [0.2, 0.25) is 0 Å². The summed E-state index contributed by atoms with van der Waals surface area (Å²) in [5.74, 6) is -1.34. The van der Waals surface area contributed by atoms with Gasteiger partial charge in [0.15, 0.2) is 0 Å². The zero-order valence-electron chi connectivity index (χ0n) is 15.4. The van der Waals surface area contributed by atoms with Gasteiger partial charge in [0.25, 0.3) is 0 Å². The first-order chi connectivity index (χ1) is 11.3. The van der Waals surface area contributed by atoms with Crippen molar-refractivity contribution in [2.75, 3.05) is 6.61 Å². The van der Waals surface area contributed by atoms with Crippen LogP contribution in [0.25, 0.3) is 0 Å². The number of unbranched alkanes of at least 4 members (excludes halogenated alkanes) is 5. The number of nitrogens with one attached hydrogen (secondary N) is 2. The Morgan fingerprint density at radius 3 is 2.00 bits per heavy atom. The highest BCUT2D eigenvalue weighted by Crippen LogP contribution is 2.05. The van der Waals surface area contributed by atoms with Gasteiger partial charge in [-0.15, -0.1) is 0 Å². The lowest BCUT2D eigenvalue weighted by Crippen LogP contribution is -2.52. The first kappa shape index (κ1) is 22.4. The number of esters is 1. The molecule has 24 heavy (non-hydrogen) atoms. The fourth-order valence-corrected chi connectivity index (χ4v) is 1.99. The second-order valence-corrected chi connectivity index (χ2v) is 6.18. The van der Waals surface area contributed by atoms with E-state index in [-0.39, 0.29) is 0 Å². The number of hydrogen-bond donors (Lipinski definition) is 3. The van der Waals surface area contributed by atoms with Gasteiger partial charge in [-0.05, 0) is 27.2 Å². The van der Waals surface area contributed by atoms with Crippen LogP contribution in [0.3, 0.4) is 0 Å². The maximum absolute atomic E-state index is 11.9. The molecular weight excluding hydrogens is 310 g/mol. The fourth-order valence-electron chi connectivity index (χ4n) is 1.99. The van der Waals surface area contributed by atoms with Gasteiger partial charge in [-0.1, -0.05) is 39.0 Å². The van der Waals surface area contributed by atoms with Crippen molar-refractivity contribution in [3.63, 3.8) is 0 Å². The molecule has 0 aliphatic rings. The Bertz CT molecular complexity index is 399. The fraction of sp³-hybridized carbons (Fsp3) is 0.824. The number of carbonyl (C=O) groups excluding carboxylic acids is 3. The predicted molar refractivity (Wildman–Crippen MR) is 93.2 cm³/mol.